The quantitative estimate of drug-likeness (QED) is 0.473. The van der Waals surface area contributed by atoms with E-state index in [1.165, 1.54) is 19.2 Å². The van der Waals surface area contributed by atoms with Gasteiger partial charge < -0.3 is 25.4 Å². The summed E-state index contributed by atoms with van der Waals surface area (Å²) in [5.74, 6) is -1.26. The number of carbonyl (C=O) groups is 4. The normalized spacial score (nSPS) is 11.3. The Hall–Kier alpha value is -3.88. The van der Waals surface area contributed by atoms with Gasteiger partial charge >= 0.3 is 5.97 Å². The monoisotopic (exact) mass is 455 g/mol. The molecule has 0 aromatic heterocycles. The molecule has 0 saturated carbocycles. The molecule has 9 nitrogen and oxygen atoms in total. The van der Waals surface area contributed by atoms with Gasteiger partial charge in [-0.2, -0.15) is 0 Å². The molecule has 33 heavy (non-hydrogen) atoms. The van der Waals surface area contributed by atoms with E-state index in [1.807, 2.05) is 20.8 Å². The van der Waals surface area contributed by atoms with Crippen molar-refractivity contribution in [2.75, 3.05) is 25.6 Å². The molecule has 1 atom stereocenters. The summed E-state index contributed by atoms with van der Waals surface area (Å²) in [6.45, 7) is 5.83. The molecular formula is C24H29N3O6. The minimum Gasteiger partial charge on any atom is -0.494 e. The maximum atomic E-state index is 12.8. The number of methoxy groups -OCH3 is 1. The second-order valence-corrected chi connectivity index (χ2v) is 7.48. The van der Waals surface area contributed by atoms with Crippen LogP contribution in [0.25, 0.3) is 0 Å². The Morgan fingerprint density at radius 3 is 2.00 bits per heavy atom. The summed E-state index contributed by atoms with van der Waals surface area (Å²) >= 11 is 0. The van der Waals surface area contributed by atoms with Crippen molar-refractivity contribution in [1.82, 2.24) is 10.6 Å². The molecule has 0 aliphatic carbocycles. The highest BCUT2D eigenvalue weighted by Crippen LogP contribution is 2.15. The Labute approximate surface area is 192 Å². The second kappa shape index (κ2) is 12.2. The lowest BCUT2D eigenvalue weighted by Crippen LogP contribution is -2.47. The first-order valence-corrected chi connectivity index (χ1v) is 10.5. The van der Waals surface area contributed by atoms with Gasteiger partial charge in [-0.1, -0.05) is 13.8 Å². The molecule has 0 fully saturated rings. The molecule has 2 aromatic carbocycles. The molecule has 2 rings (SSSR count). The smallest absolute Gasteiger partial charge is 0.325 e. The zero-order valence-electron chi connectivity index (χ0n) is 19.1. The summed E-state index contributed by atoms with van der Waals surface area (Å²) in [6, 6.07) is 12.1. The van der Waals surface area contributed by atoms with Crippen LogP contribution in [0.1, 0.15) is 41.5 Å². The van der Waals surface area contributed by atoms with E-state index in [4.69, 9.17) is 4.74 Å². The number of benzene rings is 2. The van der Waals surface area contributed by atoms with Gasteiger partial charge in [0.25, 0.3) is 11.8 Å². The minimum absolute atomic E-state index is 0.167. The standard InChI is InChI=1S/C24H29N3O6/c1-5-33-19-12-8-17(9-13-19)23(30)27-21(15(2)3)24(31)26-18-10-6-16(7-11-18)22(29)25-14-20(28)32-4/h6-13,15,21H,5,14H2,1-4H3,(H,25,29)(H,26,31)(H,27,30). The van der Waals surface area contributed by atoms with Crippen molar-refractivity contribution in [3.8, 4) is 5.75 Å². The number of amides is 3. The molecule has 0 spiro atoms. The van der Waals surface area contributed by atoms with Crippen LogP contribution < -0.4 is 20.7 Å². The highest BCUT2D eigenvalue weighted by atomic mass is 16.5. The van der Waals surface area contributed by atoms with Crippen LogP contribution in [-0.2, 0) is 14.3 Å². The number of esters is 1. The van der Waals surface area contributed by atoms with Crippen molar-refractivity contribution in [3.63, 3.8) is 0 Å². The Kier molecular flexibility index (Phi) is 9.41. The maximum Gasteiger partial charge on any atom is 0.325 e. The molecule has 0 bridgehead atoms. The summed E-state index contributed by atoms with van der Waals surface area (Å²) < 4.78 is 9.85. The summed E-state index contributed by atoms with van der Waals surface area (Å²) in [5, 5.41) is 7.95. The zero-order valence-corrected chi connectivity index (χ0v) is 19.1. The SMILES string of the molecule is CCOc1ccc(C(=O)NC(C(=O)Nc2ccc(C(=O)NCC(=O)OC)cc2)C(C)C)cc1. The largest absolute Gasteiger partial charge is 0.494 e. The molecule has 1 unspecified atom stereocenters. The average molecular weight is 456 g/mol. The fourth-order valence-corrected chi connectivity index (χ4v) is 2.88. The van der Waals surface area contributed by atoms with E-state index >= 15 is 0 Å². The topological polar surface area (TPSA) is 123 Å². The molecule has 2 aromatic rings. The molecule has 0 aliphatic heterocycles. The van der Waals surface area contributed by atoms with Gasteiger partial charge in [-0.25, -0.2) is 0 Å². The number of hydrogen-bond acceptors (Lipinski definition) is 6. The molecule has 3 N–H and O–H groups in total. The van der Waals surface area contributed by atoms with Crippen molar-refractivity contribution in [2.45, 2.75) is 26.8 Å². The van der Waals surface area contributed by atoms with E-state index in [1.54, 1.807) is 36.4 Å². The van der Waals surface area contributed by atoms with Gasteiger partial charge in [-0.3, -0.25) is 19.2 Å². The fraction of sp³-hybridized carbons (Fsp3) is 0.333. The third-order valence-electron chi connectivity index (χ3n) is 4.70. The number of nitrogens with one attached hydrogen (secondary N) is 3. The van der Waals surface area contributed by atoms with Crippen molar-refractivity contribution in [3.05, 3.63) is 59.7 Å². The first-order valence-electron chi connectivity index (χ1n) is 10.5. The van der Waals surface area contributed by atoms with Gasteiger partial charge in [0.2, 0.25) is 5.91 Å². The first kappa shape index (κ1) is 25.4. The van der Waals surface area contributed by atoms with Crippen LogP contribution in [0.15, 0.2) is 48.5 Å². The Bertz CT molecular complexity index is 971. The van der Waals surface area contributed by atoms with E-state index in [9.17, 15) is 19.2 Å². The van der Waals surface area contributed by atoms with Crippen LogP contribution in [0.2, 0.25) is 0 Å². The summed E-state index contributed by atoms with van der Waals surface area (Å²) in [4.78, 5) is 48.6. The van der Waals surface area contributed by atoms with Crippen LogP contribution in [0.4, 0.5) is 5.69 Å². The Morgan fingerprint density at radius 2 is 1.45 bits per heavy atom. The van der Waals surface area contributed by atoms with E-state index < -0.39 is 17.9 Å². The third-order valence-corrected chi connectivity index (χ3v) is 4.70. The molecule has 0 aliphatic rings. The van der Waals surface area contributed by atoms with Gasteiger partial charge in [0.15, 0.2) is 0 Å². The molecule has 0 saturated heterocycles. The summed E-state index contributed by atoms with van der Waals surface area (Å²) in [5.41, 5.74) is 1.20. The van der Waals surface area contributed by atoms with Crippen LogP contribution in [0, 0.1) is 5.92 Å². The lowest BCUT2D eigenvalue weighted by Gasteiger charge is -2.22. The van der Waals surface area contributed by atoms with Gasteiger partial charge in [0, 0.05) is 16.8 Å². The van der Waals surface area contributed by atoms with Gasteiger partial charge in [0.05, 0.1) is 13.7 Å². The predicted octanol–water partition coefficient (Wildman–Crippen LogP) is 2.38. The Balaban J connectivity index is 1.99. The maximum absolute atomic E-state index is 12.8. The number of anilines is 1. The number of hydrogen-bond donors (Lipinski definition) is 3. The van der Waals surface area contributed by atoms with Crippen molar-refractivity contribution in [2.24, 2.45) is 5.92 Å². The Morgan fingerprint density at radius 1 is 0.879 bits per heavy atom. The molecule has 3 amide bonds. The average Bonchev–Trinajstić information content (AvgIpc) is 2.81. The van der Waals surface area contributed by atoms with Crippen molar-refractivity contribution in [1.29, 1.82) is 0 Å². The van der Waals surface area contributed by atoms with Crippen LogP contribution in [0.3, 0.4) is 0 Å². The lowest BCUT2D eigenvalue weighted by atomic mass is 10.0. The van der Waals surface area contributed by atoms with Crippen molar-refractivity contribution < 1.29 is 28.7 Å². The fourth-order valence-electron chi connectivity index (χ4n) is 2.88. The highest BCUT2D eigenvalue weighted by molar-refractivity contribution is 6.02. The van der Waals surface area contributed by atoms with E-state index in [2.05, 4.69) is 20.7 Å². The molecule has 0 heterocycles. The van der Waals surface area contributed by atoms with Gasteiger partial charge in [-0.05, 0) is 61.4 Å². The lowest BCUT2D eigenvalue weighted by molar-refractivity contribution is -0.139. The van der Waals surface area contributed by atoms with Crippen LogP contribution >= 0.6 is 0 Å². The molecular weight excluding hydrogens is 426 g/mol. The van der Waals surface area contributed by atoms with E-state index in [-0.39, 0.29) is 24.3 Å². The molecule has 176 valence electrons. The highest BCUT2D eigenvalue weighted by Gasteiger charge is 2.25. The van der Waals surface area contributed by atoms with Crippen molar-refractivity contribution >= 4 is 29.4 Å². The first-order chi connectivity index (χ1) is 15.7. The number of rotatable bonds is 10. The minimum atomic E-state index is -0.771. The predicted molar refractivity (Wildman–Crippen MR) is 123 cm³/mol. The number of carbonyl (C=O) groups excluding carboxylic acids is 4. The third kappa shape index (κ3) is 7.64. The van der Waals surface area contributed by atoms with Gasteiger partial charge in [0.1, 0.15) is 18.3 Å². The van der Waals surface area contributed by atoms with Crippen LogP contribution in [0.5, 0.6) is 5.75 Å². The van der Waals surface area contributed by atoms with Gasteiger partial charge in [-0.15, -0.1) is 0 Å². The van der Waals surface area contributed by atoms with Crippen LogP contribution in [-0.4, -0.2) is 50.0 Å². The second-order valence-electron chi connectivity index (χ2n) is 7.48. The number of ether oxygens (including phenoxy) is 2. The van der Waals surface area contributed by atoms with E-state index in [0.717, 1.165) is 0 Å². The zero-order chi connectivity index (χ0) is 24.4. The molecule has 9 heteroatoms. The summed E-state index contributed by atoms with van der Waals surface area (Å²) in [7, 11) is 1.23. The summed E-state index contributed by atoms with van der Waals surface area (Å²) in [6.07, 6.45) is 0. The van der Waals surface area contributed by atoms with E-state index in [0.29, 0.717) is 29.2 Å². The molecule has 0 radical (unpaired) electrons.